The smallest absolute Gasteiger partial charge is 0.870 e. The summed E-state index contributed by atoms with van der Waals surface area (Å²) in [7, 11) is -3.38. The Bertz CT molecular complexity index is 793. The molecule has 0 radical (unpaired) electrons. The van der Waals surface area contributed by atoms with Crippen LogP contribution in [0.15, 0.2) is 80.9 Å². The number of aromatic nitrogens is 4. The van der Waals surface area contributed by atoms with Gasteiger partial charge in [-0.2, -0.15) is 8.42 Å². The van der Waals surface area contributed by atoms with E-state index in [1.54, 1.807) is 56.2 Å². The van der Waals surface area contributed by atoms with E-state index in [9.17, 15) is 8.42 Å². The van der Waals surface area contributed by atoms with Crippen molar-refractivity contribution in [2.75, 3.05) is 6.61 Å². The zero-order chi connectivity index (χ0) is 22.0. The number of aryl methyl sites for hydroxylation is 2. The Labute approximate surface area is 208 Å². The fourth-order valence-corrected chi connectivity index (χ4v) is 2.99. The molecule has 0 spiro atoms. The van der Waals surface area contributed by atoms with Gasteiger partial charge in [0.1, 0.15) is 5.75 Å². The Morgan fingerprint density at radius 1 is 0.903 bits per heavy atom. The van der Waals surface area contributed by atoms with Gasteiger partial charge in [0, 0.05) is 37.9 Å². The fraction of sp³-hybridized carbons (Fsp3) is 0.333. The first-order chi connectivity index (χ1) is 14.0. The van der Waals surface area contributed by atoms with Crippen molar-refractivity contribution < 1.29 is 47.6 Å². The molecule has 3 rings (SSSR count). The normalized spacial score (nSPS) is 9.13. The van der Waals surface area contributed by atoms with E-state index < -0.39 is 10.1 Å². The molecular weight excluding hydrogens is 427 g/mol. The Morgan fingerprint density at radius 3 is 1.65 bits per heavy atom. The van der Waals surface area contributed by atoms with Gasteiger partial charge in [0.25, 0.3) is 10.1 Å². The van der Waals surface area contributed by atoms with Crippen molar-refractivity contribution in [2.24, 2.45) is 0 Å². The summed E-state index contributed by atoms with van der Waals surface area (Å²) in [6.07, 6.45) is 11.1. The van der Waals surface area contributed by atoms with Crippen LogP contribution >= 0.6 is 0 Å². The molecule has 31 heavy (non-hydrogen) atoms. The van der Waals surface area contributed by atoms with Crippen molar-refractivity contribution in [3.8, 4) is 0 Å². The number of imidazole rings is 2. The Kier molecular flexibility index (Phi) is 23.5. The molecule has 3 aromatic rings. The van der Waals surface area contributed by atoms with Crippen LogP contribution in [0.4, 0.5) is 0 Å². The Balaban J connectivity index is -0.000000375. The maximum Gasteiger partial charge on any atom is 1.00 e. The summed E-state index contributed by atoms with van der Waals surface area (Å²) >= 11 is 0. The first-order valence-corrected chi connectivity index (χ1v) is 10.9. The molecule has 0 fully saturated rings. The molecule has 0 aliphatic carbocycles. The van der Waals surface area contributed by atoms with E-state index in [1.807, 2.05) is 27.6 Å². The molecule has 0 aliphatic heterocycles. The minimum Gasteiger partial charge on any atom is -0.870 e. The van der Waals surface area contributed by atoms with Crippen LogP contribution in [0.25, 0.3) is 0 Å². The van der Waals surface area contributed by atoms with Crippen LogP contribution in [-0.2, 0) is 33.1 Å². The van der Waals surface area contributed by atoms with Gasteiger partial charge in [-0.1, -0.05) is 30.3 Å². The van der Waals surface area contributed by atoms with Gasteiger partial charge in [0.2, 0.25) is 0 Å². The topological polar surface area (TPSA) is 109 Å². The standard InChI is InChI=1S/C9H12O3S.2C5H8N2.C2H4.Na.H2O/c1-2-12-13(10,11)8-9-6-4-3-5-7-9;2*1-2-7-4-3-6-5-7;1-2;;/h3-7H,2,8H2,1H3;2*3-5H,2H2,1H3;1-2H2;;1H2/q;;;;+1;/p-1. The van der Waals surface area contributed by atoms with Crippen molar-refractivity contribution in [1.82, 2.24) is 19.1 Å². The molecule has 1 aromatic carbocycles. The van der Waals surface area contributed by atoms with E-state index in [4.69, 9.17) is 0 Å². The quantitative estimate of drug-likeness (QED) is 0.308. The minimum atomic E-state index is -3.38. The molecule has 0 bridgehead atoms. The molecule has 8 nitrogen and oxygen atoms in total. The van der Waals surface area contributed by atoms with Crippen LogP contribution in [0.2, 0.25) is 0 Å². The van der Waals surface area contributed by atoms with Crippen molar-refractivity contribution in [1.29, 1.82) is 0 Å². The first-order valence-electron chi connectivity index (χ1n) is 9.33. The van der Waals surface area contributed by atoms with Gasteiger partial charge in [0.05, 0.1) is 19.3 Å². The Morgan fingerprint density at radius 2 is 1.35 bits per heavy atom. The first kappa shape index (κ1) is 33.9. The van der Waals surface area contributed by atoms with E-state index in [2.05, 4.69) is 41.2 Å². The second kappa shape index (κ2) is 21.5. The van der Waals surface area contributed by atoms with Gasteiger partial charge >= 0.3 is 29.6 Å². The zero-order valence-corrected chi connectivity index (χ0v) is 21.8. The van der Waals surface area contributed by atoms with Crippen LogP contribution in [0.3, 0.4) is 0 Å². The summed E-state index contributed by atoms with van der Waals surface area (Å²) in [5, 5.41) is 0. The molecule has 2 heterocycles. The maximum atomic E-state index is 11.2. The predicted molar refractivity (Wildman–Crippen MR) is 120 cm³/mol. The summed E-state index contributed by atoms with van der Waals surface area (Å²) in [6.45, 7) is 14.0. The average molecular weight is 461 g/mol. The SMILES string of the molecule is C=C.CCOS(=O)(=O)Cc1ccccc1.CCn1ccnc1.CCn1ccnc1.[Na+].[OH-]. The molecule has 2 aromatic heterocycles. The fourth-order valence-electron chi connectivity index (χ4n) is 1.95. The van der Waals surface area contributed by atoms with Crippen LogP contribution in [-0.4, -0.2) is 39.6 Å². The van der Waals surface area contributed by atoms with Crippen molar-refractivity contribution >= 4 is 10.1 Å². The summed E-state index contributed by atoms with van der Waals surface area (Å²) in [5.41, 5.74) is 0.746. The molecule has 10 heteroatoms. The van der Waals surface area contributed by atoms with Gasteiger partial charge in [0.15, 0.2) is 0 Å². The third kappa shape index (κ3) is 17.6. The van der Waals surface area contributed by atoms with Gasteiger partial charge in [-0.25, -0.2) is 9.97 Å². The van der Waals surface area contributed by atoms with E-state index in [0.717, 1.165) is 18.7 Å². The number of hydrogen-bond donors (Lipinski definition) is 0. The Hall–Kier alpha value is -1.75. The average Bonchev–Trinajstić information content (AvgIpc) is 3.44. The number of nitrogens with zero attached hydrogens (tertiary/aromatic N) is 4. The molecule has 0 saturated heterocycles. The van der Waals surface area contributed by atoms with Crippen LogP contribution in [0, 0.1) is 0 Å². The van der Waals surface area contributed by atoms with E-state index in [0.29, 0.717) is 0 Å². The van der Waals surface area contributed by atoms with Crippen molar-refractivity contribution in [2.45, 2.75) is 39.6 Å². The molecule has 0 atom stereocenters. The third-order valence-electron chi connectivity index (χ3n) is 3.33. The van der Waals surface area contributed by atoms with Crippen LogP contribution in [0.5, 0.6) is 0 Å². The van der Waals surface area contributed by atoms with Gasteiger partial charge < -0.3 is 14.6 Å². The van der Waals surface area contributed by atoms with Crippen molar-refractivity contribution in [3.63, 3.8) is 0 Å². The van der Waals surface area contributed by atoms with Gasteiger partial charge in [-0.3, -0.25) is 4.18 Å². The zero-order valence-electron chi connectivity index (χ0n) is 19.0. The summed E-state index contributed by atoms with van der Waals surface area (Å²) < 4.78 is 31.0. The molecular formula is C21H33N4NaO4S. The third-order valence-corrected chi connectivity index (χ3v) is 4.61. The summed E-state index contributed by atoms with van der Waals surface area (Å²) in [5.74, 6) is -0.0539. The van der Waals surface area contributed by atoms with Crippen LogP contribution in [0.1, 0.15) is 26.3 Å². The molecule has 1 N–H and O–H groups in total. The number of benzene rings is 1. The minimum absolute atomic E-state index is 0. The maximum absolute atomic E-state index is 11.2. The summed E-state index contributed by atoms with van der Waals surface area (Å²) in [6, 6.07) is 8.97. The van der Waals surface area contributed by atoms with E-state index in [-0.39, 0.29) is 47.4 Å². The molecule has 168 valence electrons. The molecule has 0 aliphatic rings. The predicted octanol–water partition coefficient (Wildman–Crippen LogP) is 0.988. The number of hydrogen-bond acceptors (Lipinski definition) is 6. The molecule has 0 unspecified atom stereocenters. The summed E-state index contributed by atoms with van der Waals surface area (Å²) in [4.78, 5) is 7.71. The molecule has 0 amide bonds. The molecule has 0 saturated carbocycles. The van der Waals surface area contributed by atoms with E-state index >= 15 is 0 Å². The van der Waals surface area contributed by atoms with Crippen LogP contribution < -0.4 is 29.6 Å². The number of rotatable bonds is 6. The van der Waals surface area contributed by atoms with Crippen molar-refractivity contribution in [3.05, 3.63) is 86.5 Å². The monoisotopic (exact) mass is 460 g/mol. The second-order valence-corrected chi connectivity index (χ2v) is 7.02. The van der Waals surface area contributed by atoms with E-state index in [1.165, 1.54) is 0 Å². The van der Waals surface area contributed by atoms with Gasteiger partial charge in [-0.15, -0.1) is 13.2 Å². The van der Waals surface area contributed by atoms with Gasteiger partial charge in [-0.05, 0) is 26.3 Å². The largest absolute Gasteiger partial charge is 1.00 e. The second-order valence-electron chi connectivity index (χ2n) is 5.38.